The molecule has 2 nitrogen and oxygen atoms in total. The average Bonchev–Trinajstić information content (AvgIpc) is 2.31. The molecule has 0 amide bonds. The molecule has 2 atom stereocenters. The van der Waals surface area contributed by atoms with Crippen LogP contribution in [0.3, 0.4) is 0 Å². The Hall–Kier alpha value is -1.28. The Morgan fingerprint density at radius 3 is 2.88 bits per heavy atom. The fourth-order valence-electron chi connectivity index (χ4n) is 2.01. The van der Waals surface area contributed by atoms with Gasteiger partial charge in [-0.3, -0.25) is 0 Å². The van der Waals surface area contributed by atoms with Gasteiger partial charge in [-0.1, -0.05) is 24.3 Å². The van der Waals surface area contributed by atoms with Crippen molar-refractivity contribution in [2.24, 2.45) is 5.73 Å². The summed E-state index contributed by atoms with van der Waals surface area (Å²) >= 11 is 0. The molecule has 16 heavy (non-hydrogen) atoms. The molecule has 2 heteroatoms. The maximum Gasteiger partial charge on any atom is 0.124 e. The standard InChI is InChI=1S/C14H19NO/c1-11(15)13-9-5-6-10-14(13)16-12-7-3-2-4-8-12/h3,5-7,9-12H,2,4,8,15H2,1H3. The quantitative estimate of drug-likeness (QED) is 0.789. The molecule has 1 aromatic carbocycles. The van der Waals surface area contributed by atoms with Gasteiger partial charge in [-0.2, -0.15) is 0 Å². The molecule has 0 spiro atoms. The largest absolute Gasteiger partial charge is 0.486 e. The lowest BCUT2D eigenvalue weighted by Crippen LogP contribution is -2.17. The van der Waals surface area contributed by atoms with Crippen molar-refractivity contribution in [1.29, 1.82) is 0 Å². The van der Waals surface area contributed by atoms with Crippen LogP contribution in [-0.2, 0) is 0 Å². The van der Waals surface area contributed by atoms with Crippen LogP contribution in [0, 0.1) is 0 Å². The van der Waals surface area contributed by atoms with Crippen molar-refractivity contribution in [3.05, 3.63) is 42.0 Å². The van der Waals surface area contributed by atoms with Gasteiger partial charge in [0.25, 0.3) is 0 Å². The molecule has 0 fully saturated rings. The Balaban J connectivity index is 2.13. The van der Waals surface area contributed by atoms with Crippen molar-refractivity contribution in [3.63, 3.8) is 0 Å². The van der Waals surface area contributed by atoms with Crippen LogP contribution in [-0.4, -0.2) is 6.10 Å². The number of allylic oxidation sites excluding steroid dienone is 1. The zero-order chi connectivity index (χ0) is 11.4. The van der Waals surface area contributed by atoms with E-state index < -0.39 is 0 Å². The summed E-state index contributed by atoms with van der Waals surface area (Å²) in [5, 5.41) is 0. The fourth-order valence-corrected chi connectivity index (χ4v) is 2.01. The molecule has 1 aliphatic rings. The monoisotopic (exact) mass is 217 g/mol. The molecule has 86 valence electrons. The maximum atomic E-state index is 5.98. The average molecular weight is 217 g/mol. The maximum absolute atomic E-state index is 5.98. The van der Waals surface area contributed by atoms with Gasteiger partial charge in [0.1, 0.15) is 11.9 Å². The Labute approximate surface area is 97.1 Å². The minimum atomic E-state index is 0.0174. The van der Waals surface area contributed by atoms with Gasteiger partial charge >= 0.3 is 0 Å². The molecule has 0 saturated heterocycles. The fraction of sp³-hybridized carbons (Fsp3) is 0.429. The molecule has 1 aromatic rings. The molecular formula is C14H19NO. The van der Waals surface area contributed by atoms with Gasteiger partial charge in [0.15, 0.2) is 0 Å². The van der Waals surface area contributed by atoms with Gasteiger partial charge in [-0.25, -0.2) is 0 Å². The molecular weight excluding hydrogens is 198 g/mol. The summed E-state index contributed by atoms with van der Waals surface area (Å²) in [5.41, 5.74) is 7.01. The number of hydrogen-bond acceptors (Lipinski definition) is 2. The summed E-state index contributed by atoms with van der Waals surface area (Å²) in [7, 11) is 0. The highest BCUT2D eigenvalue weighted by atomic mass is 16.5. The Morgan fingerprint density at radius 1 is 1.38 bits per heavy atom. The van der Waals surface area contributed by atoms with E-state index >= 15 is 0 Å². The second kappa shape index (κ2) is 5.17. The van der Waals surface area contributed by atoms with Crippen LogP contribution in [0.4, 0.5) is 0 Å². The highest BCUT2D eigenvalue weighted by Gasteiger charge is 2.13. The first-order chi connectivity index (χ1) is 7.77. The highest BCUT2D eigenvalue weighted by Crippen LogP contribution is 2.26. The summed E-state index contributed by atoms with van der Waals surface area (Å²) in [6.07, 6.45) is 8.05. The van der Waals surface area contributed by atoms with Gasteiger partial charge in [-0.05, 0) is 38.3 Å². The Kier molecular flexibility index (Phi) is 3.62. The zero-order valence-corrected chi connectivity index (χ0v) is 9.73. The molecule has 0 bridgehead atoms. The van der Waals surface area contributed by atoms with Crippen molar-refractivity contribution in [2.45, 2.75) is 38.3 Å². The van der Waals surface area contributed by atoms with Crippen molar-refractivity contribution >= 4 is 0 Å². The van der Waals surface area contributed by atoms with Crippen molar-refractivity contribution in [2.75, 3.05) is 0 Å². The highest BCUT2D eigenvalue weighted by molar-refractivity contribution is 5.35. The molecule has 0 saturated carbocycles. The second-order valence-electron chi connectivity index (χ2n) is 4.34. The molecule has 0 aromatic heterocycles. The van der Waals surface area contributed by atoms with Crippen LogP contribution < -0.4 is 10.5 Å². The van der Waals surface area contributed by atoms with Crippen LogP contribution in [0.1, 0.15) is 37.8 Å². The smallest absolute Gasteiger partial charge is 0.124 e. The number of benzene rings is 1. The summed E-state index contributed by atoms with van der Waals surface area (Å²) < 4.78 is 5.98. The molecule has 1 aliphatic carbocycles. The second-order valence-corrected chi connectivity index (χ2v) is 4.34. The third-order valence-electron chi connectivity index (χ3n) is 2.90. The van der Waals surface area contributed by atoms with Gasteiger partial charge in [0.05, 0.1) is 0 Å². The first-order valence-corrected chi connectivity index (χ1v) is 5.95. The van der Waals surface area contributed by atoms with Crippen LogP contribution in [0.5, 0.6) is 5.75 Å². The van der Waals surface area contributed by atoms with Crippen molar-refractivity contribution in [3.8, 4) is 5.75 Å². The topological polar surface area (TPSA) is 35.2 Å². The summed E-state index contributed by atoms with van der Waals surface area (Å²) in [6, 6.07) is 8.05. The molecule has 2 rings (SSSR count). The van der Waals surface area contributed by atoms with Crippen molar-refractivity contribution in [1.82, 2.24) is 0 Å². The lowest BCUT2D eigenvalue weighted by atomic mass is 10.0. The third-order valence-corrected chi connectivity index (χ3v) is 2.90. The van der Waals surface area contributed by atoms with Gasteiger partial charge in [0.2, 0.25) is 0 Å². The number of ether oxygens (including phenoxy) is 1. The van der Waals surface area contributed by atoms with E-state index in [1.54, 1.807) is 0 Å². The molecule has 2 N–H and O–H groups in total. The predicted molar refractivity (Wildman–Crippen MR) is 66.5 cm³/mol. The van der Waals surface area contributed by atoms with E-state index in [1.165, 1.54) is 12.8 Å². The molecule has 0 radical (unpaired) electrons. The van der Waals surface area contributed by atoms with E-state index in [-0.39, 0.29) is 12.1 Å². The van der Waals surface area contributed by atoms with Crippen molar-refractivity contribution < 1.29 is 4.74 Å². The normalized spacial score (nSPS) is 21.8. The third kappa shape index (κ3) is 2.64. The first kappa shape index (κ1) is 11.2. The summed E-state index contributed by atoms with van der Waals surface area (Å²) in [5.74, 6) is 0.925. The number of hydrogen-bond donors (Lipinski definition) is 1. The van der Waals surface area contributed by atoms with Gasteiger partial charge < -0.3 is 10.5 Å². The summed E-state index contributed by atoms with van der Waals surface area (Å²) in [6.45, 7) is 1.99. The van der Waals surface area contributed by atoms with E-state index in [9.17, 15) is 0 Å². The van der Waals surface area contributed by atoms with E-state index in [4.69, 9.17) is 10.5 Å². The lowest BCUT2D eigenvalue weighted by molar-refractivity contribution is 0.227. The molecule has 2 unspecified atom stereocenters. The van der Waals surface area contributed by atoms with E-state index in [0.717, 1.165) is 17.7 Å². The van der Waals surface area contributed by atoms with Crippen LogP contribution in [0.2, 0.25) is 0 Å². The minimum Gasteiger partial charge on any atom is -0.486 e. The lowest BCUT2D eigenvalue weighted by Gasteiger charge is -2.21. The SMILES string of the molecule is CC(N)c1ccccc1OC1C=CCCC1. The first-order valence-electron chi connectivity index (χ1n) is 5.95. The Bertz CT molecular complexity index is 371. The van der Waals surface area contributed by atoms with Gasteiger partial charge in [-0.15, -0.1) is 0 Å². The van der Waals surface area contributed by atoms with E-state index in [1.807, 2.05) is 31.2 Å². The predicted octanol–water partition coefficient (Wildman–Crippen LogP) is 3.19. The van der Waals surface area contributed by atoms with Crippen LogP contribution in [0.25, 0.3) is 0 Å². The number of para-hydroxylation sites is 1. The van der Waals surface area contributed by atoms with Gasteiger partial charge in [0, 0.05) is 11.6 Å². The zero-order valence-electron chi connectivity index (χ0n) is 9.73. The van der Waals surface area contributed by atoms with E-state index in [2.05, 4.69) is 12.2 Å². The van der Waals surface area contributed by atoms with Crippen LogP contribution >= 0.6 is 0 Å². The number of rotatable bonds is 3. The molecule has 0 aliphatic heterocycles. The van der Waals surface area contributed by atoms with E-state index in [0.29, 0.717) is 0 Å². The summed E-state index contributed by atoms with van der Waals surface area (Å²) in [4.78, 5) is 0. The minimum absolute atomic E-state index is 0.0174. The molecule has 0 heterocycles. The Morgan fingerprint density at radius 2 is 2.19 bits per heavy atom. The van der Waals surface area contributed by atoms with Crippen LogP contribution in [0.15, 0.2) is 36.4 Å². The number of nitrogens with two attached hydrogens (primary N) is 1.